The molecule has 2 unspecified atom stereocenters. The van der Waals surface area contributed by atoms with Crippen LogP contribution in [0.25, 0.3) is 0 Å². The predicted octanol–water partition coefficient (Wildman–Crippen LogP) is 1.59. The summed E-state index contributed by atoms with van der Waals surface area (Å²) in [6, 6.07) is 4.81. The third-order valence-electron chi connectivity index (χ3n) is 3.94. The minimum absolute atomic E-state index is 0.133. The van der Waals surface area contributed by atoms with Gasteiger partial charge in [-0.2, -0.15) is 5.26 Å². The molecule has 10 heteroatoms. The number of carbonyl (C=O) groups is 3. The van der Waals surface area contributed by atoms with Crippen molar-refractivity contribution in [2.45, 2.75) is 64.8 Å². The Morgan fingerprint density at radius 2 is 1.81 bits per heavy atom. The van der Waals surface area contributed by atoms with E-state index in [0.717, 1.165) is 4.90 Å². The van der Waals surface area contributed by atoms with Crippen LogP contribution in [0.1, 0.15) is 53.1 Å². The van der Waals surface area contributed by atoms with Gasteiger partial charge in [0.2, 0.25) is 11.8 Å². The number of phenols is 1. The Labute approximate surface area is 188 Å². The van der Waals surface area contributed by atoms with Crippen LogP contribution in [0.5, 0.6) is 5.75 Å². The number of carbonyl (C=O) groups excluding carboxylic acids is 3. The molecule has 0 aromatic heterocycles. The predicted molar refractivity (Wildman–Crippen MR) is 116 cm³/mol. The zero-order valence-electron chi connectivity index (χ0n) is 19.3. The van der Waals surface area contributed by atoms with Crippen LogP contribution in [0, 0.1) is 11.3 Å². The maximum Gasteiger partial charge on any atom is 0.408 e. The van der Waals surface area contributed by atoms with Crippen molar-refractivity contribution in [1.29, 1.82) is 5.26 Å². The summed E-state index contributed by atoms with van der Waals surface area (Å²) < 4.78 is 5.12. The van der Waals surface area contributed by atoms with Gasteiger partial charge in [0.1, 0.15) is 30.0 Å². The number of ether oxygens (including phenoxy) is 1. The summed E-state index contributed by atoms with van der Waals surface area (Å²) in [6.07, 6.45) is -0.935. The molecular weight excluding hydrogens is 416 g/mol. The van der Waals surface area contributed by atoms with E-state index in [1.807, 2.05) is 6.07 Å². The zero-order chi connectivity index (χ0) is 24.7. The van der Waals surface area contributed by atoms with Crippen molar-refractivity contribution in [3.63, 3.8) is 0 Å². The number of amides is 3. The average Bonchev–Trinajstić information content (AvgIpc) is 2.62. The number of rotatable bonds is 7. The Morgan fingerprint density at radius 3 is 2.28 bits per heavy atom. The third kappa shape index (κ3) is 8.43. The number of aliphatic hydroxyl groups is 1. The summed E-state index contributed by atoms with van der Waals surface area (Å²) >= 11 is 0. The number of aromatic hydroxyl groups is 1. The topological polar surface area (TPSA) is 152 Å². The van der Waals surface area contributed by atoms with Gasteiger partial charge in [0, 0.05) is 5.54 Å². The van der Waals surface area contributed by atoms with Crippen LogP contribution in [0.4, 0.5) is 4.79 Å². The fourth-order valence-corrected chi connectivity index (χ4v) is 2.81. The lowest BCUT2D eigenvalue weighted by molar-refractivity contribution is -0.143. The van der Waals surface area contributed by atoms with Crippen molar-refractivity contribution in [2.75, 3.05) is 13.2 Å². The molecule has 0 saturated carbocycles. The van der Waals surface area contributed by atoms with Crippen molar-refractivity contribution < 1.29 is 29.3 Å². The largest absolute Gasteiger partial charge is 0.508 e. The summed E-state index contributed by atoms with van der Waals surface area (Å²) in [6.45, 7) is 8.87. The van der Waals surface area contributed by atoms with Crippen LogP contribution >= 0.6 is 0 Å². The van der Waals surface area contributed by atoms with Crippen LogP contribution in [-0.2, 0) is 14.3 Å². The van der Waals surface area contributed by atoms with Crippen LogP contribution < -0.4 is 10.6 Å². The molecule has 32 heavy (non-hydrogen) atoms. The highest BCUT2D eigenvalue weighted by Gasteiger charge is 2.37. The highest BCUT2D eigenvalue weighted by atomic mass is 16.6. The van der Waals surface area contributed by atoms with E-state index in [2.05, 4.69) is 10.6 Å². The minimum atomic E-state index is -1.46. The molecule has 0 heterocycles. The Hall–Kier alpha value is -3.32. The number of nitrogens with zero attached hydrogens (tertiary/aromatic N) is 2. The van der Waals surface area contributed by atoms with Crippen LogP contribution in [0.15, 0.2) is 24.3 Å². The van der Waals surface area contributed by atoms with E-state index in [4.69, 9.17) is 4.74 Å². The second-order valence-corrected chi connectivity index (χ2v) is 9.24. The Bertz CT molecular complexity index is 866. The quantitative estimate of drug-likeness (QED) is 0.462. The highest BCUT2D eigenvalue weighted by molar-refractivity contribution is 5.92. The van der Waals surface area contributed by atoms with Crippen molar-refractivity contribution in [3.8, 4) is 11.8 Å². The lowest BCUT2D eigenvalue weighted by Gasteiger charge is -2.34. The molecule has 1 rings (SSSR count). The van der Waals surface area contributed by atoms with Crippen LogP contribution in [0.3, 0.4) is 0 Å². The van der Waals surface area contributed by atoms with Gasteiger partial charge in [-0.25, -0.2) is 4.79 Å². The van der Waals surface area contributed by atoms with E-state index in [-0.39, 0.29) is 11.3 Å². The molecule has 0 spiro atoms. The maximum atomic E-state index is 13.2. The molecular formula is C22H32N4O6. The summed E-state index contributed by atoms with van der Waals surface area (Å²) in [4.78, 5) is 39.4. The Balaban J connectivity index is 3.36. The first-order valence-electron chi connectivity index (χ1n) is 10.1. The minimum Gasteiger partial charge on any atom is -0.508 e. The smallest absolute Gasteiger partial charge is 0.408 e. The van der Waals surface area contributed by atoms with Crippen molar-refractivity contribution in [2.24, 2.45) is 0 Å². The van der Waals surface area contributed by atoms with Gasteiger partial charge < -0.3 is 30.5 Å². The number of nitriles is 1. The number of hydrogen-bond donors (Lipinski definition) is 4. The summed E-state index contributed by atoms with van der Waals surface area (Å²) in [7, 11) is 0. The Kier molecular flexibility index (Phi) is 9.03. The van der Waals surface area contributed by atoms with E-state index in [0.29, 0.717) is 0 Å². The van der Waals surface area contributed by atoms with Crippen molar-refractivity contribution >= 4 is 17.9 Å². The molecule has 0 bridgehead atoms. The fraction of sp³-hybridized carbons (Fsp3) is 0.545. The van der Waals surface area contributed by atoms with E-state index in [1.54, 1.807) is 41.5 Å². The summed E-state index contributed by atoms with van der Waals surface area (Å²) in [5.74, 6) is -1.59. The molecule has 0 aliphatic rings. The fourth-order valence-electron chi connectivity index (χ4n) is 2.81. The van der Waals surface area contributed by atoms with E-state index in [9.17, 15) is 29.9 Å². The molecule has 2 atom stereocenters. The van der Waals surface area contributed by atoms with Crippen LogP contribution in [0.2, 0.25) is 0 Å². The molecule has 10 nitrogen and oxygen atoms in total. The highest BCUT2D eigenvalue weighted by Crippen LogP contribution is 2.26. The number of nitrogens with one attached hydrogen (secondary N) is 2. The van der Waals surface area contributed by atoms with Gasteiger partial charge in [-0.1, -0.05) is 12.1 Å². The van der Waals surface area contributed by atoms with Crippen LogP contribution in [-0.4, -0.2) is 63.4 Å². The average molecular weight is 449 g/mol. The van der Waals surface area contributed by atoms with Gasteiger partial charge in [0.25, 0.3) is 0 Å². The number of aliphatic hydroxyl groups excluding tert-OH is 1. The van der Waals surface area contributed by atoms with E-state index >= 15 is 0 Å². The van der Waals surface area contributed by atoms with Gasteiger partial charge >= 0.3 is 6.09 Å². The number of benzene rings is 1. The first kappa shape index (κ1) is 26.7. The van der Waals surface area contributed by atoms with E-state index < -0.39 is 54.3 Å². The van der Waals surface area contributed by atoms with Crippen molar-refractivity contribution in [1.82, 2.24) is 15.5 Å². The monoisotopic (exact) mass is 448 g/mol. The van der Waals surface area contributed by atoms with E-state index in [1.165, 1.54) is 24.3 Å². The summed E-state index contributed by atoms with van der Waals surface area (Å²) in [5.41, 5.74) is -1.24. The number of phenolic OH excluding ortho intramolecular Hbond substituents is 1. The van der Waals surface area contributed by atoms with Gasteiger partial charge in [0.05, 0.1) is 12.7 Å². The number of hydrogen-bond acceptors (Lipinski definition) is 7. The maximum absolute atomic E-state index is 13.2. The molecule has 0 radical (unpaired) electrons. The Morgan fingerprint density at radius 1 is 1.19 bits per heavy atom. The second kappa shape index (κ2) is 10.8. The molecule has 1 aromatic carbocycles. The molecule has 0 aliphatic heterocycles. The zero-order valence-corrected chi connectivity index (χ0v) is 19.3. The lowest BCUT2D eigenvalue weighted by atomic mass is 10.0. The molecule has 0 saturated heterocycles. The van der Waals surface area contributed by atoms with Gasteiger partial charge in [0.15, 0.2) is 0 Å². The molecule has 4 N–H and O–H groups in total. The second-order valence-electron chi connectivity index (χ2n) is 9.24. The van der Waals surface area contributed by atoms with Gasteiger partial charge in [-0.15, -0.1) is 0 Å². The molecule has 0 aliphatic carbocycles. The van der Waals surface area contributed by atoms with Crippen molar-refractivity contribution in [3.05, 3.63) is 29.8 Å². The van der Waals surface area contributed by atoms with Gasteiger partial charge in [-0.3, -0.25) is 9.59 Å². The van der Waals surface area contributed by atoms with Gasteiger partial charge in [-0.05, 0) is 59.2 Å². The molecule has 3 amide bonds. The third-order valence-corrected chi connectivity index (χ3v) is 3.94. The molecule has 1 aromatic rings. The summed E-state index contributed by atoms with van der Waals surface area (Å²) in [5, 5.41) is 34.0. The first-order valence-corrected chi connectivity index (χ1v) is 10.1. The number of alkyl carbamates (subject to hydrolysis) is 1. The normalized spacial score (nSPS) is 13.3. The molecule has 0 fully saturated rings. The first-order chi connectivity index (χ1) is 14.7. The SMILES string of the molecule is CC(C)(C)NC(=O)C(c1cccc(O)c1)N(CC#N)C(=O)C(CO)NC(=O)OC(C)(C)C. The lowest BCUT2D eigenvalue weighted by Crippen LogP contribution is -2.55. The molecule has 176 valence electrons. The standard InChI is InChI=1S/C22H32N4O6/c1-21(2,3)25-18(29)17(14-8-7-9-15(28)12-14)26(11-10-23)19(30)16(13-27)24-20(31)32-22(4,5)6/h7-9,12,16-17,27-28H,11,13H2,1-6H3,(H,24,31)(H,25,29).